The first kappa shape index (κ1) is 12.1. The number of carbonyl (C=O) groups is 2. The highest BCUT2D eigenvalue weighted by molar-refractivity contribution is 6.05. The molecule has 1 unspecified atom stereocenters. The maximum Gasteiger partial charge on any atom is 0.235 e. The summed E-state index contributed by atoms with van der Waals surface area (Å²) < 4.78 is 0. The molecule has 0 aliphatic carbocycles. The summed E-state index contributed by atoms with van der Waals surface area (Å²) >= 11 is 0. The molecule has 2 amide bonds. The predicted octanol–water partition coefficient (Wildman–Crippen LogP) is 1.82. The molecule has 1 saturated heterocycles. The van der Waals surface area contributed by atoms with Gasteiger partial charge in [-0.25, -0.2) is 0 Å². The molecule has 3 heteroatoms. The second-order valence-corrected chi connectivity index (χ2v) is 3.35. The Balaban J connectivity index is 0.000000671. The average Bonchev–Trinajstić information content (AvgIpc) is 2.35. The van der Waals surface area contributed by atoms with Crippen molar-refractivity contribution in [3.05, 3.63) is 0 Å². The number of likely N-dealkylation sites (tertiary alicyclic amines) is 1. The summed E-state index contributed by atoms with van der Waals surface area (Å²) in [6, 6.07) is 0. The molecule has 0 N–H and O–H groups in total. The molecule has 0 bridgehead atoms. The highest BCUT2D eigenvalue weighted by Gasteiger charge is 2.44. The first-order valence-corrected chi connectivity index (χ1v) is 4.82. The molecule has 1 fully saturated rings. The Morgan fingerprint density at radius 3 is 2.00 bits per heavy atom. The average molecular weight is 185 g/mol. The van der Waals surface area contributed by atoms with Gasteiger partial charge >= 0.3 is 0 Å². The lowest BCUT2D eigenvalue weighted by atomic mass is 9.86. The predicted molar refractivity (Wildman–Crippen MR) is 52.1 cm³/mol. The molecule has 1 heterocycles. The summed E-state index contributed by atoms with van der Waals surface area (Å²) in [5, 5.41) is 0. The van der Waals surface area contributed by atoms with E-state index in [9.17, 15) is 9.59 Å². The van der Waals surface area contributed by atoms with E-state index in [1.54, 1.807) is 7.05 Å². The van der Waals surface area contributed by atoms with Crippen LogP contribution in [0.2, 0.25) is 0 Å². The van der Waals surface area contributed by atoms with Crippen LogP contribution < -0.4 is 0 Å². The molecule has 1 aliphatic rings. The summed E-state index contributed by atoms with van der Waals surface area (Å²) in [5.74, 6) is -0.0932. The van der Waals surface area contributed by atoms with Crippen molar-refractivity contribution >= 4 is 11.8 Å². The molecule has 13 heavy (non-hydrogen) atoms. The Kier molecular flexibility index (Phi) is 4.11. The minimum atomic E-state index is -0.425. The molecule has 0 aromatic heterocycles. The molecule has 0 aromatic carbocycles. The van der Waals surface area contributed by atoms with E-state index in [1.165, 1.54) is 4.90 Å². The third kappa shape index (κ3) is 2.08. The summed E-state index contributed by atoms with van der Waals surface area (Å²) in [4.78, 5) is 23.7. The van der Waals surface area contributed by atoms with Gasteiger partial charge in [0.25, 0.3) is 0 Å². The molecular formula is C10H19NO2. The van der Waals surface area contributed by atoms with Gasteiger partial charge in [0.15, 0.2) is 0 Å². The molecule has 0 spiro atoms. The van der Waals surface area contributed by atoms with Crippen LogP contribution in [-0.4, -0.2) is 23.8 Å². The van der Waals surface area contributed by atoms with E-state index in [-0.39, 0.29) is 11.8 Å². The van der Waals surface area contributed by atoms with Crippen LogP contribution in [0.5, 0.6) is 0 Å². The van der Waals surface area contributed by atoms with Crippen LogP contribution in [0.15, 0.2) is 0 Å². The van der Waals surface area contributed by atoms with Crippen molar-refractivity contribution in [1.29, 1.82) is 0 Å². The van der Waals surface area contributed by atoms with Gasteiger partial charge in [-0.05, 0) is 6.42 Å². The fraction of sp³-hybridized carbons (Fsp3) is 0.800. The monoisotopic (exact) mass is 185 g/mol. The quantitative estimate of drug-likeness (QED) is 0.584. The van der Waals surface area contributed by atoms with Gasteiger partial charge in [0.05, 0.1) is 5.41 Å². The molecule has 1 rings (SSSR count). The lowest BCUT2D eigenvalue weighted by Crippen LogP contribution is -2.30. The van der Waals surface area contributed by atoms with Gasteiger partial charge in [0.2, 0.25) is 11.8 Å². The summed E-state index contributed by atoms with van der Waals surface area (Å²) in [6.45, 7) is 7.78. The molecule has 1 atom stereocenters. The van der Waals surface area contributed by atoms with Gasteiger partial charge in [-0.2, -0.15) is 0 Å². The molecular weight excluding hydrogens is 166 g/mol. The van der Waals surface area contributed by atoms with Crippen molar-refractivity contribution in [2.75, 3.05) is 7.05 Å². The zero-order valence-electron chi connectivity index (χ0n) is 9.18. The van der Waals surface area contributed by atoms with Gasteiger partial charge < -0.3 is 0 Å². The van der Waals surface area contributed by atoms with Crippen LogP contribution >= 0.6 is 0 Å². The second-order valence-electron chi connectivity index (χ2n) is 3.35. The van der Waals surface area contributed by atoms with Crippen LogP contribution in [0.25, 0.3) is 0 Å². The lowest BCUT2D eigenvalue weighted by molar-refractivity contribution is -0.139. The number of carbonyl (C=O) groups excluding carboxylic acids is 2. The molecule has 76 valence electrons. The van der Waals surface area contributed by atoms with Crippen molar-refractivity contribution < 1.29 is 9.59 Å². The number of hydrogen-bond acceptors (Lipinski definition) is 2. The highest BCUT2D eigenvalue weighted by Crippen LogP contribution is 2.34. The third-order valence-electron chi connectivity index (χ3n) is 2.52. The minimum absolute atomic E-state index is 0.0370. The summed E-state index contributed by atoms with van der Waals surface area (Å²) in [6.07, 6.45) is 1.11. The fourth-order valence-corrected chi connectivity index (χ4v) is 1.32. The molecule has 1 aliphatic heterocycles. The normalized spacial score (nSPS) is 27.3. The first-order chi connectivity index (χ1) is 6.01. The van der Waals surface area contributed by atoms with Crippen molar-refractivity contribution in [1.82, 2.24) is 4.90 Å². The van der Waals surface area contributed by atoms with Gasteiger partial charge in [-0.3, -0.25) is 14.5 Å². The lowest BCUT2D eigenvalue weighted by Gasteiger charge is -2.17. The number of rotatable bonds is 1. The molecule has 0 aromatic rings. The van der Waals surface area contributed by atoms with E-state index in [2.05, 4.69) is 0 Å². The largest absolute Gasteiger partial charge is 0.285 e. The summed E-state index contributed by atoms with van der Waals surface area (Å²) in [5.41, 5.74) is -0.425. The maximum absolute atomic E-state index is 11.4. The SMILES string of the molecule is CC.CCC1(C)CC(=O)N(C)C1=O. The number of amides is 2. The third-order valence-corrected chi connectivity index (χ3v) is 2.52. The number of nitrogens with zero attached hydrogens (tertiary/aromatic N) is 1. The van der Waals surface area contributed by atoms with Crippen LogP contribution in [-0.2, 0) is 9.59 Å². The Hall–Kier alpha value is -0.860. The van der Waals surface area contributed by atoms with Crippen LogP contribution in [0, 0.1) is 5.41 Å². The van der Waals surface area contributed by atoms with Crippen molar-refractivity contribution in [3.63, 3.8) is 0 Å². The zero-order chi connectivity index (χ0) is 10.6. The van der Waals surface area contributed by atoms with E-state index < -0.39 is 5.41 Å². The maximum atomic E-state index is 11.4. The zero-order valence-corrected chi connectivity index (χ0v) is 9.18. The Morgan fingerprint density at radius 1 is 1.38 bits per heavy atom. The van der Waals surface area contributed by atoms with E-state index >= 15 is 0 Å². The Labute approximate surface area is 80.1 Å². The fourth-order valence-electron chi connectivity index (χ4n) is 1.32. The van der Waals surface area contributed by atoms with E-state index in [4.69, 9.17) is 0 Å². The van der Waals surface area contributed by atoms with Gasteiger partial charge in [-0.15, -0.1) is 0 Å². The standard InChI is InChI=1S/C8H13NO2.C2H6/c1-4-8(2)5-6(10)9(3)7(8)11;1-2/h4-5H2,1-3H3;1-2H3. The van der Waals surface area contributed by atoms with Gasteiger partial charge in [0.1, 0.15) is 0 Å². The summed E-state index contributed by atoms with van der Waals surface area (Å²) in [7, 11) is 1.55. The van der Waals surface area contributed by atoms with Crippen LogP contribution in [0.3, 0.4) is 0 Å². The number of imide groups is 1. The van der Waals surface area contributed by atoms with Crippen molar-refractivity contribution in [2.45, 2.75) is 40.5 Å². The van der Waals surface area contributed by atoms with E-state index in [0.717, 1.165) is 6.42 Å². The minimum Gasteiger partial charge on any atom is -0.285 e. The van der Waals surface area contributed by atoms with E-state index in [1.807, 2.05) is 27.7 Å². The topological polar surface area (TPSA) is 37.4 Å². The van der Waals surface area contributed by atoms with E-state index in [0.29, 0.717) is 6.42 Å². The second kappa shape index (κ2) is 4.40. The van der Waals surface area contributed by atoms with Crippen molar-refractivity contribution in [3.8, 4) is 0 Å². The van der Waals surface area contributed by atoms with Crippen molar-refractivity contribution in [2.24, 2.45) is 5.41 Å². The van der Waals surface area contributed by atoms with Crippen LogP contribution in [0.4, 0.5) is 0 Å². The smallest absolute Gasteiger partial charge is 0.235 e. The molecule has 3 nitrogen and oxygen atoms in total. The first-order valence-electron chi connectivity index (χ1n) is 4.82. The van der Waals surface area contributed by atoms with Gasteiger partial charge in [0, 0.05) is 13.5 Å². The Bertz CT molecular complexity index is 213. The highest BCUT2D eigenvalue weighted by atomic mass is 16.2. The van der Waals surface area contributed by atoms with Gasteiger partial charge in [-0.1, -0.05) is 27.7 Å². The molecule has 0 saturated carbocycles. The van der Waals surface area contributed by atoms with Crippen LogP contribution in [0.1, 0.15) is 40.5 Å². The number of hydrogen-bond donors (Lipinski definition) is 0. The molecule has 0 radical (unpaired) electrons. The Morgan fingerprint density at radius 2 is 1.85 bits per heavy atom.